The van der Waals surface area contributed by atoms with Crippen molar-refractivity contribution in [1.29, 1.82) is 0 Å². The Hall–Kier alpha value is -1.40. The number of carboxylic acids is 1. The molecule has 0 unspecified atom stereocenters. The van der Waals surface area contributed by atoms with Crippen molar-refractivity contribution in [3.8, 4) is 0 Å². The Morgan fingerprint density at radius 3 is 2.56 bits per heavy atom. The molecule has 2 heterocycles. The Balaban J connectivity index is 1.80. The normalized spacial score (nSPS) is 16.8. The number of amides is 1. The molecular formula is C12H16N2O3S. The second-order valence-electron chi connectivity index (χ2n) is 4.25. The number of aliphatic carboxylic acids is 1. The molecule has 1 N–H and O–H groups in total. The first-order valence-electron chi connectivity index (χ1n) is 5.94. The summed E-state index contributed by atoms with van der Waals surface area (Å²) in [6, 6.07) is 3.71. The number of carbonyl (C=O) groups excluding carboxylic acids is 1. The topological polar surface area (TPSA) is 60.9 Å². The molecule has 1 aliphatic rings. The van der Waals surface area contributed by atoms with Gasteiger partial charge in [-0.05, 0) is 11.4 Å². The first-order valence-corrected chi connectivity index (χ1v) is 6.81. The fourth-order valence-electron chi connectivity index (χ4n) is 1.98. The minimum Gasteiger partial charge on any atom is -0.481 e. The van der Waals surface area contributed by atoms with Crippen molar-refractivity contribution in [2.45, 2.75) is 6.42 Å². The van der Waals surface area contributed by atoms with Gasteiger partial charge >= 0.3 is 5.97 Å². The molecule has 0 spiro atoms. The van der Waals surface area contributed by atoms with Crippen molar-refractivity contribution in [2.75, 3.05) is 32.7 Å². The van der Waals surface area contributed by atoms with Gasteiger partial charge < -0.3 is 10.0 Å². The third-order valence-electron chi connectivity index (χ3n) is 3.03. The molecule has 0 aliphatic carbocycles. The second kappa shape index (κ2) is 5.97. The Kier molecular flexibility index (Phi) is 4.33. The van der Waals surface area contributed by atoms with Crippen molar-refractivity contribution < 1.29 is 14.7 Å². The molecule has 1 amide bonds. The van der Waals surface area contributed by atoms with E-state index in [0.29, 0.717) is 19.6 Å². The van der Waals surface area contributed by atoms with Crippen LogP contribution in [0.4, 0.5) is 0 Å². The zero-order valence-electron chi connectivity index (χ0n) is 10.0. The van der Waals surface area contributed by atoms with Crippen molar-refractivity contribution in [2.24, 2.45) is 0 Å². The Bertz CT molecular complexity index is 411. The fraction of sp³-hybridized carbons (Fsp3) is 0.500. The van der Waals surface area contributed by atoms with Gasteiger partial charge in [-0.1, -0.05) is 6.07 Å². The number of carbonyl (C=O) groups is 2. The van der Waals surface area contributed by atoms with E-state index in [4.69, 9.17) is 5.11 Å². The quantitative estimate of drug-likeness (QED) is 0.884. The molecule has 1 aromatic rings. The van der Waals surface area contributed by atoms with E-state index in [0.717, 1.165) is 18.0 Å². The summed E-state index contributed by atoms with van der Waals surface area (Å²) in [6.07, 6.45) is 0.166. The number of hydrogen-bond donors (Lipinski definition) is 1. The van der Waals surface area contributed by atoms with Crippen LogP contribution < -0.4 is 0 Å². The molecule has 5 nitrogen and oxygen atoms in total. The molecule has 98 valence electrons. The molecule has 6 heteroatoms. The maximum Gasteiger partial charge on any atom is 0.304 e. The molecule has 1 aromatic heterocycles. The fourth-order valence-corrected chi connectivity index (χ4v) is 2.68. The van der Waals surface area contributed by atoms with E-state index in [9.17, 15) is 9.59 Å². The van der Waals surface area contributed by atoms with Crippen LogP contribution in [0, 0.1) is 0 Å². The first kappa shape index (κ1) is 13.0. The Labute approximate surface area is 110 Å². The number of hydrogen-bond acceptors (Lipinski definition) is 4. The number of carboxylic acid groups (broad SMARTS) is 1. The highest BCUT2D eigenvalue weighted by atomic mass is 32.1. The molecule has 0 atom stereocenters. The van der Waals surface area contributed by atoms with Crippen LogP contribution in [0.5, 0.6) is 0 Å². The van der Waals surface area contributed by atoms with Gasteiger partial charge in [0.1, 0.15) is 0 Å². The van der Waals surface area contributed by atoms with Gasteiger partial charge in [-0.15, -0.1) is 11.3 Å². The van der Waals surface area contributed by atoms with Crippen molar-refractivity contribution >= 4 is 23.2 Å². The van der Waals surface area contributed by atoms with E-state index in [-0.39, 0.29) is 12.3 Å². The number of rotatable bonds is 4. The molecular weight excluding hydrogens is 252 g/mol. The summed E-state index contributed by atoms with van der Waals surface area (Å²) in [5.74, 6) is -0.685. The van der Waals surface area contributed by atoms with Crippen molar-refractivity contribution in [3.63, 3.8) is 0 Å². The summed E-state index contributed by atoms with van der Waals surface area (Å²) in [4.78, 5) is 27.2. The molecule has 1 saturated heterocycles. The van der Waals surface area contributed by atoms with E-state index in [1.165, 1.54) is 11.3 Å². The Morgan fingerprint density at radius 1 is 1.28 bits per heavy atom. The summed E-state index contributed by atoms with van der Waals surface area (Å²) in [7, 11) is 0. The van der Waals surface area contributed by atoms with Gasteiger partial charge in [0.15, 0.2) is 0 Å². The summed E-state index contributed by atoms with van der Waals surface area (Å²) in [6.45, 7) is 3.43. The lowest BCUT2D eigenvalue weighted by Crippen LogP contribution is -2.48. The van der Waals surface area contributed by atoms with E-state index in [1.807, 2.05) is 22.4 Å². The molecule has 2 rings (SSSR count). The summed E-state index contributed by atoms with van der Waals surface area (Å²) in [5.41, 5.74) is 0. The lowest BCUT2D eigenvalue weighted by Gasteiger charge is -2.34. The van der Waals surface area contributed by atoms with Crippen LogP contribution in [-0.2, 0) is 4.79 Å². The highest BCUT2D eigenvalue weighted by Gasteiger charge is 2.22. The van der Waals surface area contributed by atoms with E-state index in [1.54, 1.807) is 0 Å². The summed E-state index contributed by atoms with van der Waals surface area (Å²) < 4.78 is 0. The van der Waals surface area contributed by atoms with Crippen LogP contribution in [0.25, 0.3) is 0 Å². The standard InChI is InChI=1S/C12H16N2O3S/c15-11(16)3-4-13-5-7-14(8-6-13)12(17)10-2-1-9-18-10/h1-2,9H,3-8H2,(H,15,16). The summed E-state index contributed by atoms with van der Waals surface area (Å²) in [5, 5.41) is 10.5. The third-order valence-corrected chi connectivity index (χ3v) is 3.89. The van der Waals surface area contributed by atoms with Gasteiger partial charge in [-0.25, -0.2) is 0 Å². The third kappa shape index (κ3) is 3.30. The number of nitrogens with zero attached hydrogens (tertiary/aromatic N) is 2. The van der Waals surface area contributed by atoms with Gasteiger partial charge in [0.2, 0.25) is 0 Å². The van der Waals surface area contributed by atoms with Crippen LogP contribution in [0.3, 0.4) is 0 Å². The molecule has 18 heavy (non-hydrogen) atoms. The van der Waals surface area contributed by atoms with E-state index in [2.05, 4.69) is 4.90 Å². The highest BCUT2D eigenvalue weighted by molar-refractivity contribution is 7.12. The number of thiophene rings is 1. The van der Waals surface area contributed by atoms with Crippen molar-refractivity contribution in [3.05, 3.63) is 22.4 Å². The van der Waals surface area contributed by atoms with Crippen LogP contribution in [0.15, 0.2) is 17.5 Å². The zero-order chi connectivity index (χ0) is 13.0. The van der Waals surface area contributed by atoms with Gasteiger partial charge in [0.05, 0.1) is 11.3 Å². The van der Waals surface area contributed by atoms with Crippen LogP contribution in [0.2, 0.25) is 0 Å². The minimum absolute atomic E-state index is 0.0860. The predicted molar refractivity (Wildman–Crippen MR) is 68.9 cm³/mol. The molecule has 1 aliphatic heterocycles. The maximum absolute atomic E-state index is 12.1. The lowest BCUT2D eigenvalue weighted by molar-refractivity contribution is -0.137. The highest BCUT2D eigenvalue weighted by Crippen LogP contribution is 2.13. The van der Waals surface area contributed by atoms with E-state index < -0.39 is 5.97 Å². The largest absolute Gasteiger partial charge is 0.481 e. The molecule has 1 fully saturated rings. The van der Waals surface area contributed by atoms with Gasteiger partial charge in [-0.3, -0.25) is 14.5 Å². The average molecular weight is 268 g/mol. The van der Waals surface area contributed by atoms with Gasteiger partial charge in [-0.2, -0.15) is 0 Å². The van der Waals surface area contributed by atoms with E-state index >= 15 is 0 Å². The lowest BCUT2D eigenvalue weighted by atomic mass is 10.2. The predicted octanol–water partition coefficient (Wildman–Crippen LogP) is 0.981. The molecule has 0 bridgehead atoms. The average Bonchev–Trinajstić information content (AvgIpc) is 2.90. The van der Waals surface area contributed by atoms with Gasteiger partial charge in [0, 0.05) is 32.7 Å². The Morgan fingerprint density at radius 2 is 2.00 bits per heavy atom. The second-order valence-corrected chi connectivity index (χ2v) is 5.20. The van der Waals surface area contributed by atoms with Crippen LogP contribution >= 0.6 is 11.3 Å². The zero-order valence-corrected chi connectivity index (χ0v) is 10.9. The summed E-state index contributed by atoms with van der Waals surface area (Å²) >= 11 is 1.46. The maximum atomic E-state index is 12.1. The first-order chi connectivity index (χ1) is 8.66. The minimum atomic E-state index is -0.771. The van der Waals surface area contributed by atoms with Gasteiger partial charge in [0.25, 0.3) is 5.91 Å². The van der Waals surface area contributed by atoms with Crippen molar-refractivity contribution in [1.82, 2.24) is 9.80 Å². The monoisotopic (exact) mass is 268 g/mol. The smallest absolute Gasteiger partial charge is 0.304 e. The molecule has 0 aromatic carbocycles. The van der Waals surface area contributed by atoms with Crippen LogP contribution in [0.1, 0.15) is 16.1 Å². The van der Waals surface area contributed by atoms with Crippen LogP contribution in [-0.4, -0.2) is 59.5 Å². The molecule has 0 radical (unpaired) electrons. The number of piperazine rings is 1. The SMILES string of the molecule is O=C(O)CCN1CCN(C(=O)c2cccs2)CC1. The molecule has 0 saturated carbocycles.